The maximum Gasteiger partial charge on any atom is 0.269 e. The summed E-state index contributed by atoms with van der Waals surface area (Å²) in [7, 11) is 0. The highest BCUT2D eigenvalue weighted by Gasteiger charge is 2.46. The minimum atomic E-state index is -0.348. The average Bonchev–Trinajstić information content (AvgIpc) is 3.55. The Kier molecular flexibility index (Phi) is 9.28. The lowest BCUT2D eigenvalue weighted by molar-refractivity contribution is -0.385. The van der Waals surface area contributed by atoms with Crippen molar-refractivity contribution in [2.24, 2.45) is 0 Å². The van der Waals surface area contributed by atoms with Gasteiger partial charge in [-0.2, -0.15) is 0 Å². The van der Waals surface area contributed by atoms with Crippen LogP contribution in [0.1, 0.15) is 76.3 Å². The SMILES string of the molecule is CCCCCC1(CCCCC)c2c(c3ccccc3c3cc(-c4ccc([N+](=O)[O-])cc4)ccc23)-c2c1c1ccc(-c3ccc([N+](=O)[O-])cc3)cc1c1ccccc21. The molecule has 9 rings (SSSR count). The van der Waals surface area contributed by atoms with Gasteiger partial charge in [0, 0.05) is 29.7 Å². The average molecular weight is 749 g/mol. The summed E-state index contributed by atoms with van der Waals surface area (Å²) in [6.07, 6.45) is 8.91. The van der Waals surface area contributed by atoms with Gasteiger partial charge in [0.2, 0.25) is 0 Å². The van der Waals surface area contributed by atoms with Crippen LogP contribution < -0.4 is 0 Å². The first kappa shape index (κ1) is 36.3. The number of nitro groups is 2. The summed E-state index contributed by atoms with van der Waals surface area (Å²) in [6, 6.07) is 45.2. The standard InChI is InChI=1S/C51H44N2O4/c1-3-5-11-29-51(30-12-6-4-2)49-43-27-21-35(33-17-23-37(24-18-33)52(54)55)31-45(43)39-13-7-9-15-41(39)47(49)48-42-16-10-8-14-40(42)46-32-36(22-28-44(46)50(48)51)34-19-25-38(26-20-34)53(56)57/h7-10,13-28,31-32H,3-6,11-12,29-30H2,1-2H3. The molecule has 0 saturated heterocycles. The van der Waals surface area contributed by atoms with Crippen LogP contribution in [0.3, 0.4) is 0 Å². The summed E-state index contributed by atoms with van der Waals surface area (Å²) >= 11 is 0. The summed E-state index contributed by atoms with van der Waals surface area (Å²) in [5.74, 6) is 0. The first-order valence-corrected chi connectivity index (χ1v) is 20.3. The summed E-state index contributed by atoms with van der Waals surface area (Å²) in [5.41, 5.74) is 9.48. The number of rotatable bonds is 12. The van der Waals surface area contributed by atoms with Gasteiger partial charge >= 0.3 is 0 Å². The van der Waals surface area contributed by atoms with Gasteiger partial charge in [-0.25, -0.2) is 0 Å². The number of fused-ring (bicyclic) bond motifs is 13. The van der Waals surface area contributed by atoms with E-state index in [4.69, 9.17) is 0 Å². The van der Waals surface area contributed by atoms with Crippen LogP contribution in [0.4, 0.5) is 11.4 Å². The van der Waals surface area contributed by atoms with Crippen molar-refractivity contribution < 1.29 is 9.85 Å². The van der Waals surface area contributed by atoms with E-state index in [0.717, 1.165) is 73.6 Å². The van der Waals surface area contributed by atoms with E-state index in [1.54, 1.807) is 24.3 Å². The van der Waals surface area contributed by atoms with E-state index in [-0.39, 0.29) is 26.6 Å². The molecule has 0 radical (unpaired) electrons. The van der Waals surface area contributed by atoms with Crippen LogP contribution in [0.2, 0.25) is 0 Å². The van der Waals surface area contributed by atoms with Gasteiger partial charge in [-0.3, -0.25) is 20.2 Å². The van der Waals surface area contributed by atoms with Crippen molar-refractivity contribution >= 4 is 54.5 Å². The van der Waals surface area contributed by atoms with Gasteiger partial charge in [-0.1, -0.05) is 125 Å². The summed E-state index contributed by atoms with van der Waals surface area (Å²) in [6.45, 7) is 4.57. The Morgan fingerprint density at radius 3 is 1.16 bits per heavy atom. The van der Waals surface area contributed by atoms with Crippen molar-refractivity contribution in [2.75, 3.05) is 0 Å². The maximum atomic E-state index is 11.5. The van der Waals surface area contributed by atoms with Gasteiger partial charge in [-0.15, -0.1) is 0 Å². The summed E-state index contributed by atoms with van der Waals surface area (Å²) in [5, 5.41) is 32.8. The third-order valence-corrected chi connectivity index (χ3v) is 12.5. The second-order valence-corrected chi connectivity index (χ2v) is 15.7. The largest absolute Gasteiger partial charge is 0.269 e. The van der Waals surface area contributed by atoms with Gasteiger partial charge < -0.3 is 0 Å². The zero-order valence-corrected chi connectivity index (χ0v) is 32.4. The van der Waals surface area contributed by atoms with Crippen molar-refractivity contribution in [1.29, 1.82) is 0 Å². The number of non-ortho nitro benzene ring substituents is 2. The molecule has 0 fully saturated rings. The highest BCUT2D eigenvalue weighted by atomic mass is 16.6. The van der Waals surface area contributed by atoms with Crippen LogP contribution in [-0.2, 0) is 5.41 Å². The third-order valence-electron chi connectivity index (χ3n) is 12.5. The number of unbranched alkanes of at least 4 members (excludes halogenated alkanes) is 4. The van der Waals surface area contributed by atoms with Gasteiger partial charge in [0.15, 0.2) is 0 Å². The number of nitro benzene ring substituents is 2. The van der Waals surface area contributed by atoms with E-state index in [2.05, 4.69) is 98.8 Å². The van der Waals surface area contributed by atoms with Gasteiger partial charge in [-0.05, 0) is 137 Å². The molecule has 0 N–H and O–H groups in total. The topological polar surface area (TPSA) is 86.3 Å². The quantitative estimate of drug-likeness (QED) is 0.0539. The first-order chi connectivity index (χ1) is 27.8. The Balaban J connectivity index is 1.39. The smallest absolute Gasteiger partial charge is 0.258 e. The number of nitrogens with zero attached hydrogens (tertiary/aromatic N) is 2. The predicted octanol–water partition coefficient (Wildman–Crippen LogP) is 14.9. The fourth-order valence-corrected chi connectivity index (χ4v) is 9.91. The molecule has 0 amide bonds. The molecule has 282 valence electrons. The molecular formula is C51H44N2O4. The van der Waals surface area contributed by atoms with E-state index in [1.807, 2.05) is 24.3 Å². The van der Waals surface area contributed by atoms with Crippen molar-refractivity contribution in [2.45, 2.75) is 70.6 Å². The Labute approximate surface area is 332 Å². The van der Waals surface area contributed by atoms with Crippen LogP contribution in [0.15, 0.2) is 133 Å². The predicted molar refractivity (Wildman–Crippen MR) is 235 cm³/mol. The van der Waals surface area contributed by atoms with E-state index in [9.17, 15) is 20.2 Å². The second kappa shape index (κ2) is 14.6. The maximum absolute atomic E-state index is 11.5. The lowest BCUT2D eigenvalue weighted by atomic mass is 9.68. The highest BCUT2D eigenvalue weighted by Crippen LogP contribution is 2.62. The van der Waals surface area contributed by atoms with Crippen molar-refractivity contribution in [3.8, 4) is 33.4 Å². The molecule has 0 unspecified atom stereocenters. The lowest BCUT2D eigenvalue weighted by Gasteiger charge is -2.35. The Morgan fingerprint density at radius 2 is 0.789 bits per heavy atom. The fourth-order valence-electron chi connectivity index (χ4n) is 9.91. The highest BCUT2D eigenvalue weighted by molar-refractivity contribution is 6.26. The molecule has 6 heteroatoms. The second-order valence-electron chi connectivity index (χ2n) is 15.7. The zero-order chi connectivity index (χ0) is 39.3. The number of hydrogen-bond donors (Lipinski definition) is 0. The third kappa shape index (κ3) is 5.94. The first-order valence-electron chi connectivity index (χ1n) is 20.3. The molecule has 1 aliphatic rings. The molecule has 0 aromatic heterocycles. The molecule has 0 heterocycles. The van der Waals surface area contributed by atoms with E-state index in [0.29, 0.717) is 0 Å². The van der Waals surface area contributed by atoms with Crippen molar-refractivity contribution in [3.05, 3.63) is 165 Å². The fraction of sp³-hybridized carbons (Fsp3) is 0.216. The zero-order valence-electron chi connectivity index (χ0n) is 32.4. The molecule has 6 nitrogen and oxygen atoms in total. The molecule has 0 saturated carbocycles. The van der Waals surface area contributed by atoms with E-state index < -0.39 is 0 Å². The Morgan fingerprint density at radius 1 is 0.421 bits per heavy atom. The minimum Gasteiger partial charge on any atom is -0.258 e. The van der Waals surface area contributed by atoms with Gasteiger partial charge in [0.05, 0.1) is 9.85 Å². The molecule has 0 aliphatic heterocycles. The monoisotopic (exact) mass is 748 g/mol. The molecule has 8 aromatic rings. The van der Waals surface area contributed by atoms with E-state index in [1.165, 1.54) is 65.3 Å². The molecule has 0 atom stereocenters. The summed E-state index contributed by atoms with van der Waals surface area (Å²) < 4.78 is 0. The normalized spacial score (nSPS) is 13.0. The molecule has 0 spiro atoms. The molecule has 8 aromatic carbocycles. The Hall–Kier alpha value is -6.40. The molecule has 57 heavy (non-hydrogen) atoms. The molecule has 0 bridgehead atoms. The van der Waals surface area contributed by atoms with Gasteiger partial charge in [0.1, 0.15) is 0 Å². The number of hydrogen-bond acceptors (Lipinski definition) is 4. The van der Waals surface area contributed by atoms with Crippen molar-refractivity contribution in [3.63, 3.8) is 0 Å². The van der Waals surface area contributed by atoms with Crippen LogP contribution in [0.5, 0.6) is 0 Å². The molecular weight excluding hydrogens is 705 g/mol. The van der Waals surface area contributed by atoms with Crippen LogP contribution in [0.25, 0.3) is 76.5 Å². The van der Waals surface area contributed by atoms with E-state index >= 15 is 0 Å². The van der Waals surface area contributed by atoms with Gasteiger partial charge in [0.25, 0.3) is 11.4 Å². The van der Waals surface area contributed by atoms with Crippen LogP contribution in [-0.4, -0.2) is 9.85 Å². The minimum absolute atomic E-state index is 0.0869. The molecule has 1 aliphatic carbocycles. The summed E-state index contributed by atoms with van der Waals surface area (Å²) in [4.78, 5) is 22.3. The Bertz CT molecular complexity index is 2680. The van der Waals surface area contributed by atoms with Crippen LogP contribution in [0, 0.1) is 20.2 Å². The van der Waals surface area contributed by atoms with Crippen molar-refractivity contribution in [1.82, 2.24) is 0 Å². The lowest BCUT2D eigenvalue weighted by Crippen LogP contribution is -2.26. The van der Waals surface area contributed by atoms with Crippen LogP contribution >= 0.6 is 0 Å². The number of benzene rings is 8.